The quantitative estimate of drug-likeness (QED) is 0.867. The molecule has 4 unspecified atom stereocenters. The van der Waals surface area contributed by atoms with E-state index in [1.54, 1.807) is 12.1 Å². The summed E-state index contributed by atoms with van der Waals surface area (Å²) in [6.45, 7) is 7.16. The predicted octanol–water partition coefficient (Wildman–Crippen LogP) is 2.56. The minimum atomic E-state index is -0.404. The molecular weight excluding hydrogens is 299 g/mol. The third-order valence-electron chi connectivity index (χ3n) is 4.22. The maximum Gasteiger partial charge on any atom is 0.328 e. The van der Waals surface area contributed by atoms with Crippen LogP contribution in [0.2, 0.25) is 0 Å². The fraction of sp³-hybridized carbons (Fsp3) is 0.588. The third kappa shape index (κ3) is 3.58. The lowest BCUT2D eigenvalue weighted by molar-refractivity contribution is -0.141. The van der Waals surface area contributed by atoms with Crippen LogP contribution in [0.15, 0.2) is 18.2 Å². The Balaban J connectivity index is 1.72. The van der Waals surface area contributed by atoms with Crippen LogP contribution in [0.3, 0.4) is 0 Å². The first-order chi connectivity index (χ1) is 10.9. The van der Waals surface area contributed by atoms with Gasteiger partial charge in [0.2, 0.25) is 0 Å². The van der Waals surface area contributed by atoms with Gasteiger partial charge in [0.25, 0.3) is 0 Å². The zero-order chi connectivity index (χ0) is 16.6. The number of cyclic esters (lactones) is 1. The van der Waals surface area contributed by atoms with Gasteiger partial charge in [-0.15, -0.1) is 0 Å². The summed E-state index contributed by atoms with van der Waals surface area (Å²) in [5.41, 5.74) is 1.16. The van der Waals surface area contributed by atoms with Gasteiger partial charge in [-0.3, -0.25) is 0 Å². The summed E-state index contributed by atoms with van der Waals surface area (Å²) in [5, 5.41) is 3.05. The molecule has 5 nitrogen and oxygen atoms in total. The molecule has 2 aliphatic rings. The number of rotatable bonds is 3. The van der Waals surface area contributed by atoms with E-state index in [9.17, 15) is 9.18 Å². The van der Waals surface area contributed by atoms with Crippen molar-refractivity contribution in [2.75, 3.05) is 23.3 Å². The van der Waals surface area contributed by atoms with E-state index in [2.05, 4.69) is 5.32 Å². The molecule has 0 saturated carbocycles. The number of carbonyl (C=O) groups is 1. The number of nitrogens with one attached hydrogen (secondary N) is 1. The van der Waals surface area contributed by atoms with Crippen molar-refractivity contribution in [2.45, 2.75) is 51.5 Å². The van der Waals surface area contributed by atoms with Gasteiger partial charge in [0.1, 0.15) is 18.0 Å². The maximum atomic E-state index is 14.5. The first-order valence-electron chi connectivity index (χ1n) is 8.09. The first kappa shape index (κ1) is 16.1. The Morgan fingerprint density at radius 2 is 1.87 bits per heavy atom. The Morgan fingerprint density at radius 3 is 2.43 bits per heavy atom. The summed E-state index contributed by atoms with van der Waals surface area (Å²) in [5.74, 6) is -0.575. The molecule has 6 heteroatoms. The van der Waals surface area contributed by atoms with Gasteiger partial charge in [0, 0.05) is 25.2 Å². The SMILES string of the molecule is CC1CC(Nc2ccc(N3CC(C)OC(C)C3)c(F)c2)C(=O)O1. The Bertz CT molecular complexity index is 585. The average Bonchev–Trinajstić information content (AvgIpc) is 2.75. The van der Waals surface area contributed by atoms with Crippen LogP contribution in [-0.4, -0.2) is 43.4 Å². The van der Waals surface area contributed by atoms with Gasteiger partial charge in [-0.1, -0.05) is 0 Å². The standard InChI is InChI=1S/C17H23FN2O3/c1-10-6-15(17(21)23-10)19-13-4-5-16(14(18)7-13)20-8-11(2)22-12(3)9-20/h4-5,7,10-12,15,19H,6,8-9H2,1-3H3. The lowest BCUT2D eigenvalue weighted by Crippen LogP contribution is -2.45. The Labute approximate surface area is 135 Å². The molecule has 0 radical (unpaired) electrons. The number of ether oxygens (including phenoxy) is 2. The van der Waals surface area contributed by atoms with Crippen LogP contribution >= 0.6 is 0 Å². The number of esters is 1. The average molecular weight is 322 g/mol. The molecule has 4 atom stereocenters. The van der Waals surface area contributed by atoms with Crippen LogP contribution in [0.5, 0.6) is 0 Å². The predicted molar refractivity (Wildman–Crippen MR) is 86.2 cm³/mol. The van der Waals surface area contributed by atoms with Gasteiger partial charge in [-0.05, 0) is 39.0 Å². The van der Waals surface area contributed by atoms with Gasteiger partial charge < -0.3 is 19.7 Å². The molecule has 126 valence electrons. The smallest absolute Gasteiger partial charge is 0.328 e. The normalized spacial score (nSPS) is 31.1. The van der Waals surface area contributed by atoms with Crippen molar-refractivity contribution >= 4 is 17.3 Å². The second kappa shape index (κ2) is 6.35. The van der Waals surface area contributed by atoms with E-state index in [-0.39, 0.29) is 30.1 Å². The second-order valence-corrected chi connectivity index (χ2v) is 6.51. The highest BCUT2D eigenvalue weighted by atomic mass is 19.1. The van der Waals surface area contributed by atoms with Gasteiger partial charge in [-0.2, -0.15) is 0 Å². The number of hydrogen-bond acceptors (Lipinski definition) is 5. The maximum absolute atomic E-state index is 14.5. The largest absolute Gasteiger partial charge is 0.461 e. The van der Waals surface area contributed by atoms with Gasteiger partial charge in [0.05, 0.1) is 17.9 Å². The van der Waals surface area contributed by atoms with Crippen LogP contribution in [-0.2, 0) is 14.3 Å². The van der Waals surface area contributed by atoms with Crippen molar-refractivity contribution in [3.8, 4) is 0 Å². The summed E-state index contributed by atoms with van der Waals surface area (Å²) >= 11 is 0. The van der Waals surface area contributed by atoms with Crippen molar-refractivity contribution in [3.05, 3.63) is 24.0 Å². The summed E-state index contributed by atoms with van der Waals surface area (Å²) in [7, 11) is 0. The van der Waals surface area contributed by atoms with Crippen molar-refractivity contribution in [2.24, 2.45) is 0 Å². The number of anilines is 2. The second-order valence-electron chi connectivity index (χ2n) is 6.51. The van der Waals surface area contributed by atoms with E-state index in [4.69, 9.17) is 9.47 Å². The van der Waals surface area contributed by atoms with E-state index in [0.29, 0.717) is 30.9 Å². The topological polar surface area (TPSA) is 50.8 Å². The molecule has 1 N–H and O–H groups in total. The third-order valence-corrected chi connectivity index (χ3v) is 4.22. The lowest BCUT2D eigenvalue weighted by Gasteiger charge is -2.37. The molecule has 0 spiro atoms. The number of halogens is 1. The number of hydrogen-bond donors (Lipinski definition) is 1. The Kier molecular flexibility index (Phi) is 4.43. The number of carbonyl (C=O) groups excluding carboxylic acids is 1. The van der Waals surface area contributed by atoms with Crippen LogP contribution in [0, 0.1) is 5.82 Å². The number of benzene rings is 1. The van der Waals surface area contributed by atoms with E-state index in [1.807, 2.05) is 25.7 Å². The number of nitrogens with zero attached hydrogens (tertiary/aromatic N) is 1. The first-order valence-corrected chi connectivity index (χ1v) is 8.09. The van der Waals surface area contributed by atoms with Gasteiger partial charge >= 0.3 is 5.97 Å². The molecule has 0 aliphatic carbocycles. The molecule has 2 saturated heterocycles. The molecule has 2 fully saturated rings. The minimum absolute atomic E-state index is 0.0747. The van der Waals surface area contributed by atoms with Crippen LogP contribution < -0.4 is 10.2 Å². The summed E-state index contributed by atoms with van der Waals surface area (Å²) < 4.78 is 25.3. The lowest BCUT2D eigenvalue weighted by atomic mass is 10.1. The molecule has 0 amide bonds. The van der Waals surface area contributed by atoms with Crippen LogP contribution in [0.1, 0.15) is 27.2 Å². The molecular formula is C17H23FN2O3. The molecule has 23 heavy (non-hydrogen) atoms. The van der Waals surface area contributed by atoms with E-state index < -0.39 is 6.04 Å². The van der Waals surface area contributed by atoms with Crippen molar-refractivity contribution in [3.63, 3.8) is 0 Å². The molecule has 2 heterocycles. The van der Waals surface area contributed by atoms with Crippen molar-refractivity contribution in [1.82, 2.24) is 0 Å². The summed E-state index contributed by atoms with van der Waals surface area (Å²) in [6.07, 6.45) is 0.651. The van der Waals surface area contributed by atoms with E-state index in [0.717, 1.165) is 0 Å². The van der Waals surface area contributed by atoms with Gasteiger partial charge in [-0.25, -0.2) is 9.18 Å². The minimum Gasteiger partial charge on any atom is -0.461 e. The molecule has 0 aromatic heterocycles. The number of morpholine rings is 1. The highest BCUT2D eigenvalue weighted by Gasteiger charge is 2.32. The molecule has 2 aliphatic heterocycles. The summed E-state index contributed by atoms with van der Waals surface area (Å²) in [4.78, 5) is 13.7. The van der Waals surface area contributed by atoms with Crippen molar-refractivity contribution < 1.29 is 18.7 Å². The zero-order valence-corrected chi connectivity index (χ0v) is 13.7. The van der Waals surface area contributed by atoms with Gasteiger partial charge in [0.15, 0.2) is 0 Å². The fourth-order valence-electron chi connectivity index (χ4n) is 3.30. The van der Waals surface area contributed by atoms with Crippen LogP contribution in [0.25, 0.3) is 0 Å². The highest BCUT2D eigenvalue weighted by molar-refractivity contribution is 5.81. The van der Waals surface area contributed by atoms with E-state index in [1.165, 1.54) is 6.07 Å². The molecule has 0 bridgehead atoms. The monoisotopic (exact) mass is 322 g/mol. The Hall–Kier alpha value is -1.82. The molecule has 1 aromatic carbocycles. The van der Waals surface area contributed by atoms with Crippen LogP contribution in [0.4, 0.5) is 15.8 Å². The zero-order valence-electron chi connectivity index (χ0n) is 13.7. The molecule has 3 rings (SSSR count). The fourth-order valence-corrected chi connectivity index (χ4v) is 3.30. The van der Waals surface area contributed by atoms with Crippen molar-refractivity contribution in [1.29, 1.82) is 0 Å². The molecule has 1 aromatic rings. The van der Waals surface area contributed by atoms with E-state index >= 15 is 0 Å². The summed E-state index contributed by atoms with van der Waals surface area (Å²) in [6, 6.07) is 4.60. The highest BCUT2D eigenvalue weighted by Crippen LogP contribution is 2.27. The Morgan fingerprint density at radius 1 is 1.17 bits per heavy atom.